The highest BCUT2D eigenvalue weighted by atomic mass is 79.9. The van der Waals surface area contributed by atoms with Crippen LogP contribution >= 0.6 is 15.9 Å². The predicted octanol–water partition coefficient (Wildman–Crippen LogP) is 4.46. The maximum atomic E-state index is 11.4. The van der Waals surface area contributed by atoms with Crippen molar-refractivity contribution >= 4 is 39.2 Å². The molecule has 0 aliphatic carbocycles. The molecule has 0 unspecified atom stereocenters. The van der Waals surface area contributed by atoms with Crippen molar-refractivity contribution in [1.82, 2.24) is 9.97 Å². The summed E-state index contributed by atoms with van der Waals surface area (Å²) in [6.45, 7) is 1.64. The molecule has 0 atom stereocenters. The summed E-state index contributed by atoms with van der Waals surface area (Å²) in [5.74, 6) is 2.27. The van der Waals surface area contributed by atoms with Gasteiger partial charge in [0.2, 0.25) is 24.5 Å². The number of fused-ring (bicyclic) bond motifs is 1. The molecule has 2 aromatic carbocycles. The van der Waals surface area contributed by atoms with Crippen molar-refractivity contribution in [2.24, 2.45) is 0 Å². The smallest absolute Gasteiger partial charge is 0.238 e. The molecular formula is C19H15BrN4O4. The molecule has 0 fully saturated rings. The number of benzene rings is 2. The third kappa shape index (κ3) is 3.99. The summed E-state index contributed by atoms with van der Waals surface area (Å²) in [6, 6.07) is 12.6. The highest BCUT2D eigenvalue weighted by Crippen LogP contribution is 2.36. The van der Waals surface area contributed by atoms with Gasteiger partial charge in [0.15, 0.2) is 17.2 Å². The Kier molecular flexibility index (Phi) is 4.98. The number of hydrogen-bond donors (Lipinski definition) is 2. The standard InChI is InChI=1S/C19H15BrN4O4/c1-11(25)22-14-4-2-3-5-15(14)28-18-13(20)9-21-19(24-18)23-12-6-7-16-17(8-12)27-10-26-16/h2-9H,10H2,1H3,(H,22,25)(H,21,23,24). The molecule has 0 bridgehead atoms. The lowest BCUT2D eigenvalue weighted by atomic mass is 10.3. The van der Waals surface area contributed by atoms with Gasteiger partial charge in [-0.2, -0.15) is 4.98 Å². The van der Waals surface area contributed by atoms with Crippen LogP contribution < -0.4 is 24.8 Å². The lowest BCUT2D eigenvalue weighted by Crippen LogP contribution is -2.07. The van der Waals surface area contributed by atoms with Gasteiger partial charge in [-0.1, -0.05) is 12.1 Å². The first-order valence-electron chi connectivity index (χ1n) is 8.32. The lowest BCUT2D eigenvalue weighted by Gasteiger charge is -2.12. The molecule has 3 aromatic rings. The van der Waals surface area contributed by atoms with E-state index < -0.39 is 0 Å². The van der Waals surface area contributed by atoms with E-state index in [9.17, 15) is 4.79 Å². The number of aromatic nitrogens is 2. The van der Waals surface area contributed by atoms with Crippen LogP contribution in [0, 0.1) is 0 Å². The van der Waals surface area contributed by atoms with Crippen molar-refractivity contribution in [3.8, 4) is 23.1 Å². The van der Waals surface area contributed by atoms with Crippen LogP contribution in [0.25, 0.3) is 0 Å². The Morgan fingerprint density at radius 1 is 1.18 bits per heavy atom. The quantitative estimate of drug-likeness (QED) is 0.601. The van der Waals surface area contributed by atoms with Gasteiger partial charge in [0, 0.05) is 18.7 Å². The number of nitrogens with zero attached hydrogens (tertiary/aromatic N) is 2. The maximum absolute atomic E-state index is 11.4. The number of carbonyl (C=O) groups is 1. The normalized spacial score (nSPS) is 11.8. The highest BCUT2D eigenvalue weighted by molar-refractivity contribution is 9.10. The Morgan fingerprint density at radius 3 is 2.86 bits per heavy atom. The number of hydrogen-bond acceptors (Lipinski definition) is 7. The topological polar surface area (TPSA) is 94.6 Å². The van der Waals surface area contributed by atoms with Crippen LogP contribution in [0.2, 0.25) is 0 Å². The Bertz CT molecular complexity index is 1040. The molecule has 1 aromatic heterocycles. The zero-order valence-corrected chi connectivity index (χ0v) is 16.3. The average molecular weight is 443 g/mol. The van der Waals surface area contributed by atoms with E-state index in [1.165, 1.54) is 6.92 Å². The second-order valence-electron chi connectivity index (χ2n) is 5.82. The SMILES string of the molecule is CC(=O)Nc1ccccc1Oc1nc(Nc2ccc3c(c2)OCO3)ncc1Br. The fraction of sp³-hybridized carbons (Fsp3) is 0.105. The highest BCUT2D eigenvalue weighted by Gasteiger charge is 2.15. The first-order valence-corrected chi connectivity index (χ1v) is 9.11. The lowest BCUT2D eigenvalue weighted by molar-refractivity contribution is -0.114. The van der Waals surface area contributed by atoms with Crippen molar-refractivity contribution in [3.63, 3.8) is 0 Å². The van der Waals surface area contributed by atoms with Crippen molar-refractivity contribution in [1.29, 1.82) is 0 Å². The molecule has 2 N–H and O–H groups in total. The van der Waals surface area contributed by atoms with E-state index in [1.54, 1.807) is 30.5 Å². The number of para-hydroxylation sites is 2. The zero-order chi connectivity index (χ0) is 19.5. The number of carbonyl (C=O) groups excluding carboxylic acids is 1. The van der Waals surface area contributed by atoms with Crippen molar-refractivity contribution in [2.75, 3.05) is 17.4 Å². The van der Waals surface area contributed by atoms with Crippen molar-refractivity contribution in [2.45, 2.75) is 6.92 Å². The predicted molar refractivity (Wildman–Crippen MR) is 106 cm³/mol. The van der Waals surface area contributed by atoms with E-state index in [0.717, 1.165) is 5.69 Å². The number of anilines is 3. The van der Waals surface area contributed by atoms with Crippen LogP contribution in [0.15, 0.2) is 53.1 Å². The molecule has 2 heterocycles. The largest absolute Gasteiger partial charge is 0.454 e. The minimum Gasteiger partial charge on any atom is -0.454 e. The van der Waals surface area contributed by atoms with Crippen LogP contribution in [0.1, 0.15) is 6.92 Å². The summed E-state index contributed by atoms with van der Waals surface area (Å²) in [7, 11) is 0. The first-order chi connectivity index (χ1) is 13.6. The van der Waals surface area contributed by atoms with Gasteiger partial charge in [-0.05, 0) is 40.2 Å². The minimum absolute atomic E-state index is 0.192. The molecule has 1 aliphatic rings. The van der Waals surface area contributed by atoms with E-state index in [2.05, 4.69) is 36.5 Å². The van der Waals surface area contributed by atoms with Gasteiger partial charge in [-0.15, -0.1) is 0 Å². The molecule has 142 valence electrons. The molecule has 1 aliphatic heterocycles. The summed E-state index contributed by atoms with van der Waals surface area (Å²) in [6.07, 6.45) is 1.58. The number of amides is 1. The number of rotatable bonds is 5. The van der Waals surface area contributed by atoms with Crippen LogP contribution in [0.3, 0.4) is 0 Å². The van der Waals surface area contributed by atoms with Crippen LogP contribution in [0.5, 0.6) is 23.1 Å². The van der Waals surface area contributed by atoms with Crippen LogP contribution in [0.4, 0.5) is 17.3 Å². The second kappa shape index (κ2) is 7.73. The molecule has 0 saturated carbocycles. The van der Waals surface area contributed by atoms with Crippen molar-refractivity contribution < 1.29 is 19.0 Å². The van der Waals surface area contributed by atoms with E-state index in [0.29, 0.717) is 39.2 Å². The Morgan fingerprint density at radius 2 is 2.00 bits per heavy atom. The van der Waals surface area contributed by atoms with Gasteiger partial charge in [-0.3, -0.25) is 4.79 Å². The summed E-state index contributed by atoms with van der Waals surface area (Å²) >= 11 is 3.39. The maximum Gasteiger partial charge on any atom is 0.238 e. The summed E-state index contributed by atoms with van der Waals surface area (Å²) in [5, 5.41) is 5.83. The van der Waals surface area contributed by atoms with E-state index in [-0.39, 0.29) is 12.7 Å². The fourth-order valence-corrected chi connectivity index (χ4v) is 2.81. The van der Waals surface area contributed by atoms with E-state index in [1.807, 2.05) is 18.2 Å². The zero-order valence-electron chi connectivity index (χ0n) is 14.7. The molecule has 0 radical (unpaired) electrons. The Labute approximate surface area is 169 Å². The van der Waals surface area contributed by atoms with Gasteiger partial charge in [0.1, 0.15) is 0 Å². The Balaban J connectivity index is 1.57. The molecule has 8 nitrogen and oxygen atoms in total. The van der Waals surface area contributed by atoms with Crippen LogP contribution in [-0.2, 0) is 4.79 Å². The molecule has 1 amide bonds. The van der Waals surface area contributed by atoms with Crippen molar-refractivity contribution in [3.05, 3.63) is 53.1 Å². The molecule has 28 heavy (non-hydrogen) atoms. The van der Waals surface area contributed by atoms with Gasteiger partial charge >= 0.3 is 0 Å². The van der Waals surface area contributed by atoms with Gasteiger partial charge in [-0.25, -0.2) is 4.98 Å². The number of halogens is 1. The second-order valence-corrected chi connectivity index (χ2v) is 6.67. The van der Waals surface area contributed by atoms with E-state index >= 15 is 0 Å². The summed E-state index contributed by atoms with van der Waals surface area (Å²) in [5.41, 5.74) is 1.29. The third-order valence-electron chi connectivity index (χ3n) is 3.75. The minimum atomic E-state index is -0.192. The number of ether oxygens (including phenoxy) is 3. The van der Waals surface area contributed by atoms with Gasteiger partial charge in [0.05, 0.1) is 16.4 Å². The van der Waals surface area contributed by atoms with E-state index in [4.69, 9.17) is 14.2 Å². The molecule has 0 spiro atoms. The average Bonchev–Trinajstić information content (AvgIpc) is 3.13. The summed E-state index contributed by atoms with van der Waals surface area (Å²) in [4.78, 5) is 20.0. The first kappa shape index (κ1) is 18.1. The molecule has 4 rings (SSSR count). The van der Waals surface area contributed by atoms with Gasteiger partial charge < -0.3 is 24.8 Å². The Hall–Kier alpha value is -3.33. The summed E-state index contributed by atoms with van der Waals surface area (Å²) < 4.78 is 17.1. The number of nitrogens with one attached hydrogen (secondary N) is 2. The van der Waals surface area contributed by atoms with Gasteiger partial charge in [0.25, 0.3) is 0 Å². The van der Waals surface area contributed by atoms with Crippen LogP contribution in [-0.4, -0.2) is 22.7 Å². The molecular weight excluding hydrogens is 428 g/mol. The monoisotopic (exact) mass is 442 g/mol. The third-order valence-corrected chi connectivity index (χ3v) is 4.29. The molecule has 0 saturated heterocycles. The fourth-order valence-electron chi connectivity index (χ4n) is 2.54. The molecule has 9 heteroatoms.